The number of carbonyl (C=O) groups is 5. The number of ether oxygens (including phenoxy) is 2. The van der Waals surface area contributed by atoms with Crippen molar-refractivity contribution in [1.82, 2.24) is 20.9 Å². The molecule has 0 radical (unpaired) electrons. The summed E-state index contributed by atoms with van der Waals surface area (Å²) in [4.78, 5) is 66.8. The fraction of sp³-hybridized carbons (Fsp3) is 0.485. The van der Waals surface area contributed by atoms with E-state index in [9.17, 15) is 24.0 Å². The van der Waals surface area contributed by atoms with Gasteiger partial charge in [0.05, 0.1) is 12.0 Å². The number of fused-ring (bicyclic) bond motifs is 2. The van der Waals surface area contributed by atoms with Gasteiger partial charge in [0.15, 0.2) is 5.78 Å². The predicted molar refractivity (Wildman–Crippen MR) is 162 cm³/mol. The van der Waals surface area contributed by atoms with Crippen LogP contribution in [0.1, 0.15) is 57.7 Å². The van der Waals surface area contributed by atoms with E-state index < -0.39 is 35.7 Å². The zero-order valence-corrected chi connectivity index (χ0v) is 25.7. The zero-order chi connectivity index (χ0) is 31.9. The molecule has 11 nitrogen and oxygen atoms in total. The van der Waals surface area contributed by atoms with Crippen LogP contribution in [-0.2, 0) is 30.5 Å². The van der Waals surface area contributed by atoms with Crippen LogP contribution in [0.4, 0.5) is 9.59 Å². The molecule has 0 spiro atoms. The maximum Gasteiger partial charge on any atom is 0.408 e. The number of nitrogens with one attached hydrogen (secondary N) is 3. The van der Waals surface area contributed by atoms with Crippen LogP contribution in [0.15, 0.2) is 60.7 Å². The maximum absolute atomic E-state index is 13.5. The number of benzene rings is 2. The minimum absolute atomic E-state index is 0.0188. The van der Waals surface area contributed by atoms with Crippen molar-refractivity contribution >= 4 is 29.7 Å². The number of ketones is 2. The molecule has 2 fully saturated rings. The Kier molecular flexibility index (Phi) is 10.7. The van der Waals surface area contributed by atoms with Gasteiger partial charge in [-0.05, 0) is 51.2 Å². The van der Waals surface area contributed by atoms with Crippen LogP contribution in [0.3, 0.4) is 0 Å². The van der Waals surface area contributed by atoms with Gasteiger partial charge < -0.3 is 25.4 Å². The largest absolute Gasteiger partial charge is 0.445 e. The van der Waals surface area contributed by atoms with Crippen molar-refractivity contribution in [1.29, 1.82) is 0 Å². The van der Waals surface area contributed by atoms with Gasteiger partial charge in [-0.3, -0.25) is 19.3 Å². The number of piperidine rings is 1. The first-order valence-corrected chi connectivity index (χ1v) is 15.0. The summed E-state index contributed by atoms with van der Waals surface area (Å²) in [6.45, 7) is 7.95. The minimum atomic E-state index is -1.27. The molecule has 2 aromatic rings. The molecule has 4 rings (SSSR count). The Balaban J connectivity index is 1.36. The van der Waals surface area contributed by atoms with Crippen molar-refractivity contribution in [2.24, 2.45) is 11.8 Å². The molecule has 2 bridgehead atoms. The highest BCUT2D eigenvalue weighted by Crippen LogP contribution is 2.44. The first-order chi connectivity index (χ1) is 20.9. The second kappa shape index (κ2) is 14.5. The molecule has 5 atom stereocenters. The Morgan fingerprint density at radius 1 is 0.932 bits per heavy atom. The minimum Gasteiger partial charge on any atom is -0.445 e. The van der Waals surface area contributed by atoms with Crippen molar-refractivity contribution in [3.63, 3.8) is 0 Å². The van der Waals surface area contributed by atoms with Crippen LogP contribution < -0.4 is 16.0 Å². The lowest BCUT2D eigenvalue weighted by Crippen LogP contribution is -2.51. The normalized spacial score (nSPS) is 20.8. The summed E-state index contributed by atoms with van der Waals surface area (Å²) in [5.74, 6) is -2.13. The van der Waals surface area contributed by atoms with E-state index in [1.165, 1.54) is 0 Å². The highest BCUT2D eigenvalue weighted by molar-refractivity contribution is 6.08. The van der Waals surface area contributed by atoms with Crippen LogP contribution in [0.2, 0.25) is 0 Å². The summed E-state index contributed by atoms with van der Waals surface area (Å²) in [6, 6.07) is 17.4. The standard InChI is InChI=1S/C33H42N4O7/c1-21(23-13-9-6-10-14-23)37-19-24-17-26(37)29(39)28(24)27(38)18-25(36-32(42)43-20-22-11-7-5-8-12-22)30(40)34-15-16-35-31(41)44-33(2,3)4/h5-14,21,24-26,28H,15-20H2,1-4H3,(H,34,40)(H,35,41)(H,36,42)/t21-,24+,25-,26+,28?/m1/s1. The average molecular weight is 607 g/mol. The van der Waals surface area contributed by atoms with Crippen molar-refractivity contribution in [2.75, 3.05) is 19.6 Å². The second-order valence-electron chi connectivity index (χ2n) is 12.3. The van der Waals surface area contributed by atoms with Crippen molar-refractivity contribution < 1.29 is 33.4 Å². The van der Waals surface area contributed by atoms with Gasteiger partial charge in [-0.25, -0.2) is 9.59 Å². The number of hydrogen-bond donors (Lipinski definition) is 3. The Labute approximate surface area is 258 Å². The van der Waals surface area contributed by atoms with E-state index in [-0.39, 0.29) is 55.7 Å². The molecule has 1 saturated heterocycles. The average Bonchev–Trinajstić information content (AvgIpc) is 3.56. The van der Waals surface area contributed by atoms with E-state index in [4.69, 9.17) is 9.47 Å². The number of amides is 3. The third-order valence-corrected chi connectivity index (χ3v) is 7.92. The molecule has 1 unspecified atom stereocenters. The Bertz CT molecular complexity index is 1330. The predicted octanol–water partition coefficient (Wildman–Crippen LogP) is 3.53. The summed E-state index contributed by atoms with van der Waals surface area (Å²) in [5.41, 5.74) is 1.19. The molecule has 236 valence electrons. The molecular weight excluding hydrogens is 564 g/mol. The molecule has 1 heterocycles. The summed E-state index contributed by atoms with van der Waals surface area (Å²) < 4.78 is 10.5. The van der Waals surface area contributed by atoms with Crippen LogP contribution >= 0.6 is 0 Å². The van der Waals surface area contributed by atoms with Gasteiger partial charge >= 0.3 is 12.2 Å². The monoisotopic (exact) mass is 606 g/mol. The van der Waals surface area contributed by atoms with Gasteiger partial charge in [0.25, 0.3) is 0 Å². The maximum atomic E-state index is 13.5. The SMILES string of the molecule is C[C@H](c1ccccc1)N1C[C@@H]2C[C@H]1C(=O)C2C(=O)C[C@@H](NC(=O)OCc1ccccc1)C(=O)NCCNC(=O)OC(C)(C)C. The third kappa shape index (κ3) is 8.66. The van der Waals surface area contributed by atoms with Crippen LogP contribution in [0.25, 0.3) is 0 Å². The van der Waals surface area contributed by atoms with Gasteiger partial charge in [0, 0.05) is 32.1 Å². The van der Waals surface area contributed by atoms with E-state index in [0.29, 0.717) is 13.0 Å². The molecule has 3 amide bonds. The van der Waals surface area contributed by atoms with E-state index in [0.717, 1.165) is 11.1 Å². The first kappa shape index (κ1) is 32.7. The number of carbonyl (C=O) groups excluding carboxylic acids is 5. The van der Waals surface area contributed by atoms with Crippen molar-refractivity contribution in [3.05, 3.63) is 71.8 Å². The first-order valence-electron chi connectivity index (χ1n) is 15.0. The Morgan fingerprint density at radius 2 is 1.57 bits per heavy atom. The zero-order valence-electron chi connectivity index (χ0n) is 25.7. The lowest BCUT2D eigenvalue weighted by molar-refractivity contribution is -0.138. The molecule has 3 N–H and O–H groups in total. The summed E-state index contributed by atoms with van der Waals surface area (Å²) in [6.07, 6.45) is -1.27. The Morgan fingerprint density at radius 3 is 2.20 bits per heavy atom. The van der Waals surface area contributed by atoms with Crippen molar-refractivity contribution in [3.8, 4) is 0 Å². The summed E-state index contributed by atoms with van der Waals surface area (Å²) in [7, 11) is 0. The fourth-order valence-electron chi connectivity index (χ4n) is 5.86. The van der Waals surface area contributed by atoms with E-state index >= 15 is 0 Å². The fourth-order valence-corrected chi connectivity index (χ4v) is 5.86. The van der Waals surface area contributed by atoms with Crippen LogP contribution in [-0.4, -0.2) is 71.9 Å². The quantitative estimate of drug-likeness (QED) is 0.246. The molecular formula is C33H42N4O7. The summed E-state index contributed by atoms with van der Waals surface area (Å²) >= 11 is 0. The highest BCUT2D eigenvalue weighted by Gasteiger charge is 2.55. The Hall–Kier alpha value is -4.25. The third-order valence-electron chi connectivity index (χ3n) is 7.92. The molecule has 1 saturated carbocycles. The molecule has 2 aromatic carbocycles. The molecule has 0 aromatic heterocycles. The lowest BCUT2D eigenvalue weighted by atomic mass is 9.86. The number of likely N-dealkylation sites (tertiary alicyclic amines) is 1. The van der Waals surface area contributed by atoms with Gasteiger partial charge in [0.2, 0.25) is 5.91 Å². The van der Waals surface area contributed by atoms with Crippen LogP contribution in [0.5, 0.6) is 0 Å². The molecule has 11 heteroatoms. The molecule has 1 aliphatic heterocycles. The number of hydrogen-bond acceptors (Lipinski definition) is 8. The van der Waals surface area contributed by atoms with Crippen LogP contribution in [0, 0.1) is 11.8 Å². The van der Waals surface area contributed by atoms with Gasteiger partial charge in [-0.15, -0.1) is 0 Å². The highest BCUT2D eigenvalue weighted by atomic mass is 16.6. The van der Waals surface area contributed by atoms with E-state index in [1.807, 2.05) is 48.5 Å². The van der Waals surface area contributed by atoms with Gasteiger partial charge in [0.1, 0.15) is 24.0 Å². The van der Waals surface area contributed by atoms with Gasteiger partial charge in [-0.2, -0.15) is 0 Å². The lowest BCUT2D eigenvalue weighted by Gasteiger charge is -2.35. The molecule has 44 heavy (non-hydrogen) atoms. The number of alkyl carbamates (subject to hydrolysis) is 2. The van der Waals surface area contributed by atoms with Gasteiger partial charge in [-0.1, -0.05) is 60.7 Å². The number of rotatable bonds is 12. The second-order valence-corrected chi connectivity index (χ2v) is 12.3. The molecule has 1 aliphatic carbocycles. The number of Topliss-reactive ketones (excluding diaryl/α,β-unsaturated/α-hetero) is 2. The molecule has 2 aliphatic rings. The van der Waals surface area contributed by atoms with E-state index in [1.54, 1.807) is 32.9 Å². The van der Waals surface area contributed by atoms with Crippen molar-refractivity contribution in [2.45, 2.75) is 70.9 Å². The smallest absolute Gasteiger partial charge is 0.408 e. The number of nitrogens with zero attached hydrogens (tertiary/aromatic N) is 1. The summed E-state index contributed by atoms with van der Waals surface area (Å²) in [5, 5.41) is 7.68. The topological polar surface area (TPSA) is 143 Å². The van der Waals surface area contributed by atoms with E-state index in [2.05, 4.69) is 27.8 Å².